The zero-order valence-electron chi connectivity index (χ0n) is 25.5. The van der Waals surface area contributed by atoms with Crippen molar-refractivity contribution in [2.75, 3.05) is 0 Å². The first-order valence-electron chi connectivity index (χ1n) is 13.6. The predicted octanol–water partition coefficient (Wildman–Crippen LogP) is 5.97. The van der Waals surface area contributed by atoms with Crippen LogP contribution in [-0.4, -0.2) is 36.2 Å². The summed E-state index contributed by atoms with van der Waals surface area (Å²) in [6, 6.07) is 0. The van der Waals surface area contributed by atoms with Gasteiger partial charge in [0.15, 0.2) is 0 Å². The van der Waals surface area contributed by atoms with Crippen LogP contribution >= 0.6 is 47.8 Å². The SMILES string of the molecule is CC(C)c1nn([BH-](n2nc(C(C)C)c(Br)c2C(C)C)n2nc(C(C)C)c(Br)c2C(C)C)c(C(C)C)c1Br.[Na+]. The van der Waals surface area contributed by atoms with Crippen molar-refractivity contribution in [3.05, 3.63) is 47.6 Å². The van der Waals surface area contributed by atoms with Crippen molar-refractivity contribution in [2.45, 2.75) is 119 Å². The number of halogens is 3. The fourth-order valence-electron chi connectivity index (χ4n) is 5.21. The van der Waals surface area contributed by atoms with Gasteiger partial charge in [0.2, 0.25) is 0 Å². The van der Waals surface area contributed by atoms with Gasteiger partial charge in [-0.2, -0.15) is 0 Å². The Hall–Kier alpha value is 0.135. The van der Waals surface area contributed by atoms with Gasteiger partial charge in [0.25, 0.3) is 0 Å². The van der Waals surface area contributed by atoms with Crippen molar-refractivity contribution < 1.29 is 29.6 Å². The van der Waals surface area contributed by atoms with Gasteiger partial charge in [-0.05, 0) is 83.3 Å². The molecule has 3 rings (SSSR count). The predicted molar refractivity (Wildman–Crippen MR) is 168 cm³/mol. The van der Waals surface area contributed by atoms with E-state index in [0.29, 0.717) is 0 Å². The number of nitrogens with zero attached hydrogens (tertiary/aromatic N) is 6. The van der Waals surface area contributed by atoms with Crippen LogP contribution in [0, 0.1) is 0 Å². The van der Waals surface area contributed by atoms with E-state index in [0.717, 1.165) is 30.5 Å². The second kappa shape index (κ2) is 13.4. The summed E-state index contributed by atoms with van der Waals surface area (Å²) in [4.78, 5) is 0. The molecule has 206 valence electrons. The summed E-state index contributed by atoms with van der Waals surface area (Å²) in [5, 5.41) is 15.9. The maximum absolute atomic E-state index is 5.31. The number of aromatic nitrogens is 6. The first-order valence-corrected chi connectivity index (χ1v) is 16.0. The summed E-state index contributed by atoms with van der Waals surface area (Å²) < 4.78 is 10.0. The van der Waals surface area contributed by atoms with Crippen LogP contribution in [0.15, 0.2) is 13.4 Å². The van der Waals surface area contributed by atoms with Crippen LogP contribution in [0.1, 0.15) is 153 Å². The molecule has 3 aromatic rings. The molecule has 0 N–H and O–H groups in total. The van der Waals surface area contributed by atoms with Gasteiger partial charge in [-0.25, -0.2) is 15.3 Å². The minimum Gasteiger partial charge on any atom is -0.399 e. The maximum Gasteiger partial charge on any atom is 1.00 e. The van der Waals surface area contributed by atoms with Crippen LogP contribution in [0.4, 0.5) is 0 Å². The van der Waals surface area contributed by atoms with E-state index in [1.54, 1.807) is 0 Å². The van der Waals surface area contributed by atoms with Gasteiger partial charge in [-0.15, -0.1) is 0 Å². The van der Waals surface area contributed by atoms with Gasteiger partial charge >= 0.3 is 36.7 Å². The Labute approximate surface area is 277 Å². The molecule has 0 saturated heterocycles. The quantitative estimate of drug-likeness (QED) is 0.256. The molecule has 0 spiro atoms. The summed E-state index contributed by atoms with van der Waals surface area (Å²) in [5.74, 6) is 1.65. The van der Waals surface area contributed by atoms with Crippen molar-refractivity contribution in [2.24, 2.45) is 0 Å². The van der Waals surface area contributed by atoms with Gasteiger partial charge in [0.05, 0.1) is 30.5 Å². The summed E-state index contributed by atoms with van der Waals surface area (Å²) in [5.41, 5.74) is 6.77. The van der Waals surface area contributed by atoms with E-state index in [9.17, 15) is 0 Å². The minimum absolute atomic E-state index is 0. The first kappa shape index (κ1) is 34.3. The third-order valence-corrected chi connectivity index (χ3v) is 9.39. The van der Waals surface area contributed by atoms with Crippen LogP contribution in [0.3, 0.4) is 0 Å². The largest absolute Gasteiger partial charge is 1.00 e. The monoisotopic (exact) mass is 722 g/mol. The van der Waals surface area contributed by atoms with Crippen molar-refractivity contribution in [1.29, 1.82) is 0 Å². The molecule has 0 radical (unpaired) electrons. The van der Waals surface area contributed by atoms with Crippen molar-refractivity contribution >= 4 is 54.9 Å². The van der Waals surface area contributed by atoms with E-state index < -0.39 is 7.12 Å². The molecule has 0 atom stereocenters. The third-order valence-electron chi connectivity index (χ3n) is 6.95. The summed E-state index contributed by atoms with van der Waals surface area (Å²) in [6.07, 6.45) is 0. The van der Waals surface area contributed by atoms with E-state index in [1.165, 1.54) is 17.1 Å². The standard InChI is InChI=1S/C27H43BBr3N6.Na/c1-13(2)22-19(29)25(16(7)8)35(32-22)28(36-26(17(9)10)20(30)23(33-36)14(3)4)37-27(18(11)12)21(31)24(34-37)15(5)6;/h13-18,28H,1-12H3;/q-1;+1. The molecule has 0 bridgehead atoms. The topological polar surface area (TPSA) is 53.5 Å². The second-order valence-corrected chi connectivity index (χ2v) is 14.5. The summed E-state index contributed by atoms with van der Waals surface area (Å²) in [6.45, 7) is 26.6. The number of hydrogen-bond acceptors (Lipinski definition) is 3. The van der Waals surface area contributed by atoms with E-state index in [2.05, 4.69) is 145 Å². The Kier molecular flexibility index (Phi) is 12.1. The van der Waals surface area contributed by atoms with Crippen LogP contribution in [-0.2, 0) is 0 Å². The zero-order chi connectivity index (χ0) is 28.1. The molecule has 3 heterocycles. The Bertz CT molecular complexity index is 1100. The molecule has 38 heavy (non-hydrogen) atoms. The molecule has 0 aliphatic carbocycles. The molecular weight excluding hydrogens is 682 g/mol. The van der Waals surface area contributed by atoms with Gasteiger partial charge < -0.3 is 13.8 Å². The first-order chi connectivity index (χ1) is 17.1. The Morgan fingerprint density at radius 1 is 0.447 bits per heavy atom. The molecule has 0 unspecified atom stereocenters. The number of rotatable bonds is 9. The summed E-state index contributed by atoms with van der Waals surface area (Å²) in [7, 11) is -1.61. The molecule has 0 aliphatic rings. The van der Waals surface area contributed by atoms with Gasteiger partial charge in [0, 0.05) is 17.1 Å². The van der Waals surface area contributed by atoms with Crippen molar-refractivity contribution in [3.63, 3.8) is 0 Å². The second-order valence-electron chi connectivity index (χ2n) is 12.1. The van der Waals surface area contributed by atoms with Crippen LogP contribution in [0.25, 0.3) is 0 Å². The van der Waals surface area contributed by atoms with E-state index in [4.69, 9.17) is 15.3 Å². The zero-order valence-corrected chi connectivity index (χ0v) is 32.2. The van der Waals surface area contributed by atoms with Crippen LogP contribution in [0.2, 0.25) is 0 Å². The average Bonchev–Trinajstić information content (AvgIpc) is 3.40. The summed E-state index contributed by atoms with van der Waals surface area (Å²) >= 11 is 11.8. The average molecular weight is 725 g/mol. The minimum atomic E-state index is -1.61. The van der Waals surface area contributed by atoms with E-state index >= 15 is 0 Å². The fraction of sp³-hybridized carbons (Fsp3) is 0.667. The van der Waals surface area contributed by atoms with Crippen molar-refractivity contribution in [1.82, 2.24) is 29.1 Å². The molecule has 0 fully saturated rings. The molecule has 0 aliphatic heterocycles. The van der Waals surface area contributed by atoms with E-state index in [-0.39, 0.29) is 65.1 Å². The van der Waals surface area contributed by atoms with Crippen LogP contribution < -0.4 is 29.6 Å². The number of hydrogen-bond donors (Lipinski definition) is 0. The Balaban J connectivity index is 0.00000507. The third kappa shape index (κ3) is 6.30. The van der Waals surface area contributed by atoms with Gasteiger partial charge in [-0.3, -0.25) is 0 Å². The smallest absolute Gasteiger partial charge is 0.399 e. The molecule has 0 aromatic carbocycles. The van der Waals surface area contributed by atoms with Crippen molar-refractivity contribution in [3.8, 4) is 0 Å². The molecule has 0 saturated carbocycles. The maximum atomic E-state index is 5.31. The fourth-order valence-corrected chi connectivity index (χ4v) is 8.80. The van der Waals surface area contributed by atoms with Gasteiger partial charge in [-0.1, -0.05) is 83.1 Å². The Morgan fingerprint density at radius 3 is 0.816 bits per heavy atom. The van der Waals surface area contributed by atoms with E-state index in [1.807, 2.05) is 0 Å². The molecule has 0 amide bonds. The normalized spacial score (nSPS) is 12.5. The molecule has 11 heteroatoms. The molecule has 6 nitrogen and oxygen atoms in total. The Morgan fingerprint density at radius 2 is 0.658 bits per heavy atom. The molecular formula is C27H43BBr3N6Na. The molecule has 3 aromatic heterocycles. The van der Waals surface area contributed by atoms with Gasteiger partial charge in [0.1, 0.15) is 0 Å². The van der Waals surface area contributed by atoms with Crippen LogP contribution in [0.5, 0.6) is 0 Å².